The first-order chi connectivity index (χ1) is 5.57. The fourth-order valence-electron chi connectivity index (χ4n) is 1.68. The van der Waals surface area contributed by atoms with Crippen LogP contribution < -0.4 is 0 Å². The summed E-state index contributed by atoms with van der Waals surface area (Å²) in [5.74, 6) is 0. The average molecular weight is 167 g/mol. The Morgan fingerprint density at radius 1 is 1.50 bits per heavy atom. The smallest absolute Gasteiger partial charge is 0.0283 e. The summed E-state index contributed by atoms with van der Waals surface area (Å²) in [5, 5.41) is 0. The molecule has 0 saturated carbocycles. The summed E-state index contributed by atoms with van der Waals surface area (Å²) in [7, 11) is 0. The number of hydrogen-bond donors (Lipinski definition) is 0. The molecule has 0 aromatic carbocycles. The molecule has 0 amide bonds. The van der Waals surface area contributed by atoms with E-state index in [0.717, 1.165) is 6.04 Å². The third kappa shape index (κ3) is 1.89. The molecule has 0 aliphatic carbocycles. The molecule has 1 heterocycles. The second kappa shape index (κ2) is 3.61. The largest absolute Gasteiger partial charge is 0.291 e. The molecule has 1 aliphatic rings. The van der Waals surface area contributed by atoms with Crippen LogP contribution in [0.25, 0.3) is 0 Å². The molecule has 0 radical (unpaired) electrons. The molecule has 2 unspecified atom stereocenters. The third-order valence-corrected chi connectivity index (χ3v) is 3.24. The van der Waals surface area contributed by atoms with Crippen LogP contribution >= 0.6 is 0 Å². The van der Waals surface area contributed by atoms with Crippen molar-refractivity contribution in [2.24, 2.45) is 0 Å². The van der Waals surface area contributed by atoms with Crippen LogP contribution in [0.15, 0.2) is 11.1 Å². The van der Waals surface area contributed by atoms with E-state index in [0.29, 0.717) is 6.04 Å². The SMILES string of the molecule is CC/C(C)=C(/C)[C@@H](C)N1CC1C. The van der Waals surface area contributed by atoms with E-state index in [1.165, 1.54) is 13.0 Å². The van der Waals surface area contributed by atoms with Gasteiger partial charge in [0.25, 0.3) is 0 Å². The van der Waals surface area contributed by atoms with E-state index in [-0.39, 0.29) is 0 Å². The lowest BCUT2D eigenvalue weighted by Gasteiger charge is -2.16. The molecule has 1 heteroatoms. The summed E-state index contributed by atoms with van der Waals surface area (Å²) in [6.07, 6.45) is 1.19. The molecular formula is C11H21N. The van der Waals surface area contributed by atoms with Crippen molar-refractivity contribution >= 4 is 0 Å². The Balaban J connectivity index is 2.57. The van der Waals surface area contributed by atoms with E-state index >= 15 is 0 Å². The Morgan fingerprint density at radius 2 is 2.00 bits per heavy atom. The van der Waals surface area contributed by atoms with Crippen molar-refractivity contribution in [1.29, 1.82) is 0 Å². The van der Waals surface area contributed by atoms with Gasteiger partial charge in [0.15, 0.2) is 0 Å². The van der Waals surface area contributed by atoms with E-state index in [1.54, 1.807) is 11.1 Å². The Kier molecular flexibility index (Phi) is 2.94. The zero-order valence-electron chi connectivity index (χ0n) is 9.02. The lowest BCUT2D eigenvalue weighted by Crippen LogP contribution is -2.18. The monoisotopic (exact) mass is 167 g/mol. The van der Waals surface area contributed by atoms with Gasteiger partial charge in [-0.15, -0.1) is 0 Å². The molecule has 12 heavy (non-hydrogen) atoms. The van der Waals surface area contributed by atoms with Crippen molar-refractivity contribution in [1.82, 2.24) is 4.90 Å². The van der Waals surface area contributed by atoms with Crippen molar-refractivity contribution in [3.8, 4) is 0 Å². The van der Waals surface area contributed by atoms with Crippen LogP contribution in [0.3, 0.4) is 0 Å². The van der Waals surface area contributed by atoms with Crippen molar-refractivity contribution < 1.29 is 0 Å². The minimum Gasteiger partial charge on any atom is -0.291 e. The van der Waals surface area contributed by atoms with Crippen molar-refractivity contribution in [3.05, 3.63) is 11.1 Å². The van der Waals surface area contributed by atoms with Gasteiger partial charge in [0.05, 0.1) is 0 Å². The lowest BCUT2D eigenvalue weighted by molar-refractivity contribution is 0.444. The first-order valence-corrected chi connectivity index (χ1v) is 4.99. The normalized spacial score (nSPS) is 32.8. The Labute approximate surface area is 76.5 Å². The van der Waals surface area contributed by atoms with Crippen LogP contribution in [0.4, 0.5) is 0 Å². The van der Waals surface area contributed by atoms with Crippen LogP contribution in [0.5, 0.6) is 0 Å². The highest BCUT2D eigenvalue weighted by Gasteiger charge is 2.34. The van der Waals surface area contributed by atoms with E-state index in [9.17, 15) is 0 Å². The zero-order chi connectivity index (χ0) is 9.30. The summed E-state index contributed by atoms with van der Waals surface area (Å²) >= 11 is 0. The molecule has 0 bridgehead atoms. The Bertz CT molecular complexity index is 193. The molecule has 0 N–H and O–H groups in total. The predicted octanol–water partition coefficient (Wildman–Crippen LogP) is 2.83. The van der Waals surface area contributed by atoms with E-state index in [2.05, 4.69) is 39.5 Å². The molecule has 1 saturated heterocycles. The molecule has 0 aromatic rings. The van der Waals surface area contributed by atoms with Crippen LogP contribution in [0.1, 0.15) is 41.0 Å². The third-order valence-electron chi connectivity index (χ3n) is 3.24. The van der Waals surface area contributed by atoms with Crippen molar-refractivity contribution in [3.63, 3.8) is 0 Å². The number of rotatable bonds is 3. The summed E-state index contributed by atoms with van der Waals surface area (Å²) < 4.78 is 0. The Hall–Kier alpha value is -0.300. The molecule has 1 aliphatic heterocycles. The van der Waals surface area contributed by atoms with Crippen molar-refractivity contribution in [2.75, 3.05) is 6.54 Å². The van der Waals surface area contributed by atoms with Gasteiger partial charge in [-0.3, -0.25) is 4.90 Å². The van der Waals surface area contributed by atoms with Gasteiger partial charge in [-0.05, 0) is 34.1 Å². The molecule has 3 atom stereocenters. The maximum atomic E-state index is 2.54. The molecule has 1 nitrogen and oxygen atoms in total. The molecule has 0 aromatic heterocycles. The Morgan fingerprint density at radius 3 is 2.33 bits per heavy atom. The predicted molar refractivity (Wildman–Crippen MR) is 54.3 cm³/mol. The highest BCUT2D eigenvalue weighted by atomic mass is 15.3. The van der Waals surface area contributed by atoms with Crippen LogP contribution in [-0.4, -0.2) is 23.5 Å². The molecule has 0 spiro atoms. The van der Waals surface area contributed by atoms with Gasteiger partial charge in [-0.2, -0.15) is 0 Å². The standard InChI is InChI=1S/C11H21N/c1-6-8(2)10(4)11(5)12-7-9(12)3/h9,11H,6-7H2,1-5H3/b10-8-/t9?,11-,12?/m1/s1. The summed E-state index contributed by atoms with van der Waals surface area (Å²) in [6.45, 7) is 12.7. The maximum absolute atomic E-state index is 2.54. The topological polar surface area (TPSA) is 3.01 Å². The second-order valence-corrected chi connectivity index (χ2v) is 4.04. The number of allylic oxidation sites excluding steroid dienone is 1. The molecule has 1 fully saturated rings. The van der Waals surface area contributed by atoms with Crippen LogP contribution in [0.2, 0.25) is 0 Å². The fraction of sp³-hybridized carbons (Fsp3) is 0.818. The zero-order valence-corrected chi connectivity index (χ0v) is 9.02. The summed E-state index contributed by atoms with van der Waals surface area (Å²) in [6, 6.07) is 1.49. The van der Waals surface area contributed by atoms with Gasteiger partial charge in [0, 0.05) is 18.6 Å². The lowest BCUT2D eigenvalue weighted by atomic mass is 10.0. The van der Waals surface area contributed by atoms with Crippen LogP contribution in [-0.2, 0) is 0 Å². The highest BCUT2D eigenvalue weighted by molar-refractivity contribution is 5.17. The maximum Gasteiger partial charge on any atom is 0.0283 e. The number of nitrogens with zero attached hydrogens (tertiary/aromatic N) is 1. The van der Waals surface area contributed by atoms with Crippen molar-refractivity contribution in [2.45, 2.75) is 53.1 Å². The summed E-state index contributed by atoms with van der Waals surface area (Å²) in [4.78, 5) is 2.54. The van der Waals surface area contributed by atoms with Crippen LogP contribution in [0, 0.1) is 0 Å². The highest BCUT2D eigenvalue weighted by Crippen LogP contribution is 2.26. The van der Waals surface area contributed by atoms with Gasteiger partial charge in [-0.25, -0.2) is 0 Å². The first kappa shape index (κ1) is 9.79. The average Bonchev–Trinajstić information content (AvgIpc) is 2.78. The quantitative estimate of drug-likeness (QED) is 0.461. The molecule has 70 valence electrons. The van der Waals surface area contributed by atoms with E-state index in [1.807, 2.05) is 0 Å². The van der Waals surface area contributed by atoms with Gasteiger partial charge < -0.3 is 0 Å². The van der Waals surface area contributed by atoms with Gasteiger partial charge >= 0.3 is 0 Å². The molecular weight excluding hydrogens is 146 g/mol. The second-order valence-electron chi connectivity index (χ2n) is 4.04. The summed E-state index contributed by atoms with van der Waals surface area (Å²) in [5.41, 5.74) is 3.13. The van der Waals surface area contributed by atoms with E-state index < -0.39 is 0 Å². The van der Waals surface area contributed by atoms with Gasteiger partial charge in [-0.1, -0.05) is 18.1 Å². The minimum atomic E-state index is 0.667. The minimum absolute atomic E-state index is 0.667. The first-order valence-electron chi connectivity index (χ1n) is 4.99. The van der Waals surface area contributed by atoms with E-state index in [4.69, 9.17) is 0 Å². The fourth-order valence-corrected chi connectivity index (χ4v) is 1.68. The number of hydrogen-bond acceptors (Lipinski definition) is 1. The van der Waals surface area contributed by atoms with Gasteiger partial charge in [0.2, 0.25) is 0 Å². The molecule has 1 rings (SSSR count). The van der Waals surface area contributed by atoms with Gasteiger partial charge in [0.1, 0.15) is 0 Å².